The monoisotopic (exact) mass is 476 g/mol. The highest BCUT2D eigenvalue weighted by molar-refractivity contribution is 5.76. The number of likely N-dealkylation sites (tertiary alicyclic amines) is 1. The number of halogens is 1. The highest BCUT2D eigenvalue weighted by Gasteiger charge is 2.30. The van der Waals surface area contributed by atoms with Crippen molar-refractivity contribution in [2.24, 2.45) is 5.92 Å². The summed E-state index contributed by atoms with van der Waals surface area (Å²) in [7, 11) is 1.67. The second-order valence-electron chi connectivity index (χ2n) is 9.90. The Morgan fingerprint density at radius 3 is 2.63 bits per heavy atom. The molecule has 1 aliphatic heterocycles. The lowest BCUT2D eigenvalue weighted by atomic mass is 9.91. The lowest BCUT2D eigenvalue weighted by molar-refractivity contribution is -0.133. The van der Waals surface area contributed by atoms with Crippen LogP contribution in [0.4, 0.5) is 4.39 Å². The van der Waals surface area contributed by atoms with Crippen LogP contribution in [-0.4, -0.2) is 45.8 Å². The molecule has 0 spiro atoms. The molecule has 0 bridgehead atoms. The fourth-order valence-corrected chi connectivity index (χ4v) is 4.98. The molecule has 3 aromatic rings. The van der Waals surface area contributed by atoms with Gasteiger partial charge in [0.1, 0.15) is 18.1 Å². The Balaban J connectivity index is 1.18. The van der Waals surface area contributed by atoms with Gasteiger partial charge in [-0.15, -0.1) is 0 Å². The van der Waals surface area contributed by atoms with Crippen molar-refractivity contribution in [1.82, 2.24) is 19.7 Å². The first-order valence-electron chi connectivity index (χ1n) is 12.6. The van der Waals surface area contributed by atoms with Gasteiger partial charge in [0, 0.05) is 48.2 Å². The zero-order valence-corrected chi connectivity index (χ0v) is 20.5. The van der Waals surface area contributed by atoms with Crippen LogP contribution in [0.3, 0.4) is 0 Å². The van der Waals surface area contributed by atoms with Crippen molar-refractivity contribution in [2.75, 3.05) is 20.2 Å². The largest absolute Gasteiger partial charge is 0.497 e. The standard InChI is InChI=1S/C28H33FN4O2/c1-19-15-22(6-8-25(19)29)26-17-27(21-4-5-21)33(31-26)18-28(34)32-13-10-20(11-14-32)3-7-23-16-24(35-2)9-12-30-23/h6,8-9,12,15-17,20-21H,3-5,7,10-11,13-14,18H2,1-2H3. The zero-order valence-electron chi connectivity index (χ0n) is 20.5. The van der Waals surface area contributed by atoms with Crippen molar-refractivity contribution in [3.05, 3.63) is 65.4 Å². The average Bonchev–Trinajstić information content (AvgIpc) is 3.64. The number of benzene rings is 1. The molecular weight excluding hydrogens is 443 g/mol. The number of rotatable bonds is 8. The van der Waals surface area contributed by atoms with Gasteiger partial charge in [-0.1, -0.05) is 0 Å². The van der Waals surface area contributed by atoms with E-state index in [-0.39, 0.29) is 18.3 Å². The minimum atomic E-state index is -0.214. The molecule has 35 heavy (non-hydrogen) atoms. The van der Waals surface area contributed by atoms with Crippen LogP contribution in [0.5, 0.6) is 5.75 Å². The number of ether oxygens (including phenoxy) is 1. The number of hydrogen-bond donors (Lipinski definition) is 0. The molecule has 7 heteroatoms. The maximum Gasteiger partial charge on any atom is 0.244 e. The van der Waals surface area contributed by atoms with Crippen LogP contribution in [0.15, 0.2) is 42.6 Å². The van der Waals surface area contributed by atoms with Gasteiger partial charge < -0.3 is 9.64 Å². The molecule has 0 N–H and O–H groups in total. The molecule has 1 aromatic carbocycles. The molecule has 1 amide bonds. The molecule has 184 valence electrons. The van der Waals surface area contributed by atoms with E-state index in [4.69, 9.17) is 9.84 Å². The van der Waals surface area contributed by atoms with E-state index in [1.165, 1.54) is 6.07 Å². The number of nitrogens with zero attached hydrogens (tertiary/aromatic N) is 4. The van der Waals surface area contributed by atoms with Crippen LogP contribution in [-0.2, 0) is 17.8 Å². The Morgan fingerprint density at radius 1 is 1.11 bits per heavy atom. The topological polar surface area (TPSA) is 60.2 Å². The van der Waals surface area contributed by atoms with Gasteiger partial charge in [0.15, 0.2) is 0 Å². The van der Waals surface area contributed by atoms with Gasteiger partial charge >= 0.3 is 0 Å². The molecule has 5 rings (SSSR count). The van der Waals surface area contributed by atoms with Gasteiger partial charge in [-0.3, -0.25) is 14.5 Å². The van der Waals surface area contributed by atoms with Crippen LogP contribution in [0, 0.1) is 18.7 Å². The summed E-state index contributed by atoms with van der Waals surface area (Å²) >= 11 is 0. The third-order valence-electron chi connectivity index (χ3n) is 7.35. The SMILES string of the molecule is COc1ccnc(CCC2CCN(C(=O)Cn3nc(-c4ccc(F)c(C)c4)cc3C3CC3)CC2)c1. The Hall–Kier alpha value is -3.22. The van der Waals surface area contributed by atoms with Crippen LogP contribution in [0.1, 0.15) is 55.0 Å². The summed E-state index contributed by atoms with van der Waals surface area (Å²) < 4.78 is 20.9. The highest BCUT2D eigenvalue weighted by atomic mass is 19.1. The number of hydrogen-bond acceptors (Lipinski definition) is 4. The molecule has 6 nitrogen and oxygen atoms in total. The Kier molecular flexibility index (Phi) is 6.84. The second-order valence-corrected chi connectivity index (χ2v) is 9.90. The molecule has 1 saturated carbocycles. The summed E-state index contributed by atoms with van der Waals surface area (Å²) in [5.74, 6) is 1.84. The molecule has 2 fully saturated rings. The Morgan fingerprint density at radius 2 is 1.91 bits per heavy atom. The molecule has 3 heterocycles. The Labute approximate surface area is 206 Å². The summed E-state index contributed by atoms with van der Waals surface area (Å²) in [6.45, 7) is 3.61. The fraction of sp³-hybridized carbons (Fsp3) is 0.464. The normalized spacial score (nSPS) is 16.5. The van der Waals surface area contributed by atoms with Gasteiger partial charge in [0.25, 0.3) is 0 Å². The van der Waals surface area contributed by atoms with E-state index in [9.17, 15) is 9.18 Å². The van der Waals surface area contributed by atoms with E-state index in [0.717, 1.165) is 80.0 Å². The summed E-state index contributed by atoms with van der Waals surface area (Å²) in [5, 5.41) is 4.77. The molecule has 0 unspecified atom stereocenters. The Bertz CT molecular complexity index is 1200. The summed E-state index contributed by atoms with van der Waals surface area (Å²) in [6, 6.07) is 11.0. The predicted octanol–water partition coefficient (Wildman–Crippen LogP) is 5.15. The number of methoxy groups -OCH3 is 1. The molecular formula is C28H33FN4O2. The van der Waals surface area contributed by atoms with Crippen molar-refractivity contribution in [1.29, 1.82) is 0 Å². The molecule has 2 aliphatic rings. The van der Waals surface area contributed by atoms with Crippen LogP contribution in [0.2, 0.25) is 0 Å². The van der Waals surface area contributed by atoms with Gasteiger partial charge in [0.05, 0.1) is 12.8 Å². The number of aryl methyl sites for hydroxylation is 2. The number of amides is 1. The number of carbonyl (C=O) groups is 1. The number of carbonyl (C=O) groups excluding carboxylic acids is 1. The number of pyridine rings is 1. The van der Waals surface area contributed by atoms with Crippen molar-refractivity contribution in [3.8, 4) is 17.0 Å². The summed E-state index contributed by atoms with van der Waals surface area (Å²) in [6.07, 6.45) is 8.11. The van der Waals surface area contributed by atoms with E-state index in [1.54, 1.807) is 26.3 Å². The summed E-state index contributed by atoms with van der Waals surface area (Å²) in [4.78, 5) is 19.6. The minimum absolute atomic E-state index is 0.129. The third-order valence-corrected chi connectivity index (χ3v) is 7.35. The lowest BCUT2D eigenvalue weighted by Gasteiger charge is -2.32. The van der Waals surface area contributed by atoms with Crippen LogP contribution >= 0.6 is 0 Å². The van der Waals surface area contributed by atoms with Gasteiger partial charge in [-0.2, -0.15) is 5.10 Å². The predicted molar refractivity (Wildman–Crippen MR) is 133 cm³/mol. The van der Waals surface area contributed by atoms with Crippen molar-refractivity contribution < 1.29 is 13.9 Å². The maximum absolute atomic E-state index is 13.7. The number of aromatic nitrogens is 3. The quantitative estimate of drug-likeness (QED) is 0.451. The minimum Gasteiger partial charge on any atom is -0.497 e. The highest BCUT2D eigenvalue weighted by Crippen LogP contribution is 2.41. The fourth-order valence-electron chi connectivity index (χ4n) is 4.98. The van der Waals surface area contributed by atoms with E-state index in [1.807, 2.05) is 27.8 Å². The molecule has 2 aromatic heterocycles. The molecule has 1 saturated heterocycles. The van der Waals surface area contributed by atoms with Crippen molar-refractivity contribution in [2.45, 2.75) is 57.9 Å². The first kappa shape index (κ1) is 23.5. The second kappa shape index (κ2) is 10.2. The smallest absolute Gasteiger partial charge is 0.244 e. The maximum atomic E-state index is 13.7. The summed E-state index contributed by atoms with van der Waals surface area (Å²) in [5.41, 5.74) is 4.49. The van der Waals surface area contributed by atoms with Crippen LogP contribution < -0.4 is 4.74 Å². The van der Waals surface area contributed by atoms with Crippen molar-refractivity contribution >= 4 is 5.91 Å². The van der Waals surface area contributed by atoms with Gasteiger partial charge in [0.2, 0.25) is 5.91 Å². The molecule has 0 radical (unpaired) electrons. The third kappa shape index (κ3) is 5.55. The van der Waals surface area contributed by atoms with E-state index < -0.39 is 0 Å². The van der Waals surface area contributed by atoms with Gasteiger partial charge in [-0.05, 0) is 87.3 Å². The average molecular weight is 477 g/mol. The van der Waals surface area contributed by atoms with E-state index in [2.05, 4.69) is 11.1 Å². The van der Waals surface area contributed by atoms with Crippen molar-refractivity contribution in [3.63, 3.8) is 0 Å². The first-order valence-corrected chi connectivity index (χ1v) is 12.6. The van der Waals surface area contributed by atoms with Gasteiger partial charge in [-0.25, -0.2) is 4.39 Å². The van der Waals surface area contributed by atoms with Crippen LogP contribution in [0.25, 0.3) is 11.3 Å². The number of piperidine rings is 1. The zero-order chi connectivity index (χ0) is 24.4. The molecule has 0 atom stereocenters. The van der Waals surface area contributed by atoms with E-state index >= 15 is 0 Å². The molecule has 1 aliphatic carbocycles. The lowest BCUT2D eigenvalue weighted by Crippen LogP contribution is -2.40. The van der Waals surface area contributed by atoms with E-state index in [0.29, 0.717) is 17.4 Å². The first-order chi connectivity index (χ1) is 17.0.